The van der Waals surface area contributed by atoms with Gasteiger partial charge < -0.3 is 4.90 Å². The molecule has 3 aromatic rings. The van der Waals surface area contributed by atoms with Crippen molar-refractivity contribution in [1.29, 1.82) is 0 Å². The summed E-state index contributed by atoms with van der Waals surface area (Å²) in [7, 11) is 1.63. The lowest BCUT2D eigenvalue weighted by Crippen LogP contribution is -2.26. The monoisotopic (exact) mass is 422 g/mol. The summed E-state index contributed by atoms with van der Waals surface area (Å²) in [6.07, 6.45) is 1.68. The van der Waals surface area contributed by atoms with E-state index in [9.17, 15) is 18.0 Å². The molecule has 3 rings (SSSR count). The van der Waals surface area contributed by atoms with Crippen LogP contribution in [0.3, 0.4) is 0 Å². The fourth-order valence-electron chi connectivity index (χ4n) is 2.50. The molecule has 152 valence electrons. The van der Waals surface area contributed by atoms with Crippen LogP contribution in [0.4, 0.5) is 18.9 Å². The summed E-state index contributed by atoms with van der Waals surface area (Å²) < 4.78 is 39.7. The van der Waals surface area contributed by atoms with Crippen LogP contribution in [0.15, 0.2) is 48.1 Å². The van der Waals surface area contributed by atoms with Gasteiger partial charge in [0.05, 0.1) is 29.5 Å². The van der Waals surface area contributed by atoms with Crippen LogP contribution in [-0.2, 0) is 11.0 Å². The normalized spacial score (nSPS) is 11.5. The number of alkyl halides is 3. The molecule has 0 aliphatic carbocycles. The van der Waals surface area contributed by atoms with Crippen molar-refractivity contribution in [2.45, 2.75) is 24.7 Å². The van der Waals surface area contributed by atoms with Gasteiger partial charge in [-0.15, -0.1) is 0 Å². The maximum absolute atomic E-state index is 12.7. The standard InChI is InChI=1S/C18H17F3N6OS/c1-12-14(11-27(25-12)13-4-3-7-22-10-13)26(2)16(28)6-9-29-17-23-8-5-15(24-17)18(19,20)21/h3-5,7-8,10-11H,6,9H2,1-2H3. The predicted octanol–water partition coefficient (Wildman–Crippen LogP) is 3.53. The quantitative estimate of drug-likeness (QED) is 0.447. The number of rotatable bonds is 6. The molecule has 0 saturated carbocycles. The molecule has 3 heterocycles. The molecule has 7 nitrogen and oxygen atoms in total. The molecule has 29 heavy (non-hydrogen) atoms. The summed E-state index contributed by atoms with van der Waals surface area (Å²) >= 11 is 0.999. The lowest BCUT2D eigenvalue weighted by molar-refractivity contribution is -0.141. The Hall–Kier alpha value is -2.95. The van der Waals surface area contributed by atoms with E-state index in [4.69, 9.17) is 0 Å². The van der Waals surface area contributed by atoms with Crippen LogP contribution in [-0.4, -0.2) is 43.4 Å². The van der Waals surface area contributed by atoms with Crippen molar-refractivity contribution in [1.82, 2.24) is 24.7 Å². The molecule has 0 aliphatic rings. The number of thioether (sulfide) groups is 1. The predicted molar refractivity (Wildman–Crippen MR) is 102 cm³/mol. The molecular formula is C18H17F3N6OS. The van der Waals surface area contributed by atoms with Crippen molar-refractivity contribution < 1.29 is 18.0 Å². The van der Waals surface area contributed by atoms with E-state index in [0.29, 0.717) is 11.4 Å². The second kappa shape index (κ2) is 8.60. The number of pyridine rings is 1. The first-order valence-corrected chi connectivity index (χ1v) is 9.50. The molecule has 0 aromatic carbocycles. The molecule has 0 atom stereocenters. The van der Waals surface area contributed by atoms with E-state index >= 15 is 0 Å². The number of halogens is 3. The molecule has 11 heteroatoms. The molecule has 0 bridgehead atoms. The second-order valence-electron chi connectivity index (χ2n) is 6.03. The van der Waals surface area contributed by atoms with Crippen molar-refractivity contribution in [3.05, 3.63) is 54.4 Å². The third-order valence-corrected chi connectivity index (χ3v) is 4.85. The minimum absolute atomic E-state index is 0.0177. The van der Waals surface area contributed by atoms with Crippen molar-refractivity contribution in [2.24, 2.45) is 0 Å². The van der Waals surface area contributed by atoms with E-state index < -0.39 is 11.9 Å². The van der Waals surface area contributed by atoms with Gasteiger partial charge in [-0.25, -0.2) is 14.6 Å². The number of carbonyl (C=O) groups excluding carboxylic acids is 1. The lowest BCUT2D eigenvalue weighted by Gasteiger charge is -2.15. The minimum Gasteiger partial charge on any atom is -0.312 e. The van der Waals surface area contributed by atoms with Crippen LogP contribution in [0, 0.1) is 6.92 Å². The summed E-state index contributed by atoms with van der Waals surface area (Å²) in [6.45, 7) is 1.79. The van der Waals surface area contributed by atoms with E-state index in [1.165, 1.54) is 4.90 Å². The Labute approximate surface area is 169 Å². The smallest absolute Gasteiger partial charge is 0.312 e. The molecule has 1 amide bonds. The van der Waals surface area contributed by atoms with Gasteiger partial charge in [0.2, 0.25) is 5.91 Å². The fourth-order valence-corrected chi connectivity index (χ4v) is 3.26. The number of nitrogens with zero attached hydrogens (tertiary/aromatic N) is 6. The zero-order chi connectivity index (χ0) is 21.0. The maximum atomic E-state index is 12.7. The highest BCUT2D eigenvalue weighted by Crippen LogP contribution is 2.28. The number of hydrogen-bond acceptors (Lipinski definition) is 6. The van der Waals surface area contributed by atoms with Crippen LogP contribution < -0.4 is 4.90 Å². The summed E-state index contributed by atoms with van der Waals surface area (Å²) in [6, 6.07) is 4.44. The molecule has 0 saturated heterocycles. The van der Waals surface area contributed by atoms with E-state index in [1.807, 2.05) is 6.07 Å². The highest BCUT2D eigenvalue weighted by atomic mass is 32.2. The highest BCUT2D eigenvalue weighted by Gasteiger charge is 2.32. The number of amides is 1. The van der Waals surface area contributed by atoms with Gasteiger partial charge in [0.15, 0.2) is 5.16 Å². The first-order valence-electron chi connectivity index (χ1n) is 8.52. The minimum atomic E-state index is -4.53. The lowest BCUT2D eigenvalue weighted by atomic mass is 10.3. The number of aromatic nitrogens is 5. The maximum Gasteiger partial charge on any atom is 0.433 e. The number of aryl methyl sites for hydroxylation is 1. The van der Waals surface area contributed by atoms with Gasteiger partial charge >= 0.3 is 6.18 Å². The molecule has 0 unspecified atom stereocenters. The highest BCUT2D eigenvalue weighted by molar-refractivity contribution is 7.99. The Morgan fingerprint density at radius 3 is 2.76 bits per heavy atom. The first-order chi connectivity index (χ1) is 13.8. The van der Waals surface area contributed by atoms with E-state index in [2.05, 4.69) is 20.1 Å². The Bertz CT molecular complexity index is 993. The first kappa shape index (κ1) is 20.8. The van der Waals surface area contributed by atoms with Crippen LogP contribution in [0.1, 0.15) is 17.8 Å². The average Bonchev–Trinajstić information content (AvgIpc) is 3.09. The van der Waals surface area contributed by atoms with Crippen LogP contribution in [0.25, 0.3) is 5.69 Å². The summed E-state index contributed by atoms with van der Waals surface area (Å²) in [5.74, 6) is 0.0543. The van der Waals surface area contributed by atoms with E-state index in [-0.39, 0.29) is 23.2 Å². The van der Waals surface area contributed by atoms with Crippen molar-refractivity contribution >= 4 is 23.4 Å². The Morgan fingerprint density at radius 2 is 2.07 bits per heavy atom. The SMILES string of the molecule is Cc1nn(-c2cccnc2)cc1N(C)C(=O)CCSc1nccc(C(F)(F)F)n1. The second-order valence-corrected chi connectivity index (χ2v) is 7.09. The van der Waals surface area contributed by atoms with Gasteiger partial charge in [0.1, 0.15) is 5.69 Å². The largest absolute Gasteiger partial charge is 0.433 e. The van der Waals surface area contributed by atoms with Gasteiger partial charge in [-0.3, -0.25) is 9.78 Å². The third-order valence-electron chi connectivity index (χ3n) is 3.99. The molecule has 0 radical (unpaired) electrons. The van der Waals surface area contributed by atoms with Crippen LogP contribution in [0.5, 0.6) is 0 Å². The zero-order valence-corrected chi connectivity index (χ0v) is 16.4. The summed E-state index contributed by atoms with van der Waals surface area (Å²) in [5.41, 5.74) is 1.06. The van der Waals surface area contributed by atoms with Gasteiger partial charge in [0.25, 0.3) is 0 Å². The van der Waals surface area contributed by atoms with Crippen molar-refractivity contribution in [2.75, 3.05) is 17.7 Å². The molecule has 0 aliphatic heterocycles. The summed E-state index contributed by atoms with van der Waals surface area (Å²) in [5, 5.41) is 4.38. The molecule has 0 spiro atoms. The third kappa shape index (κ3) is 5.11. The average molecular weight is 422 g/mol. The Kier molecular flexibility index (Phi) is 6.16. The molecule has 0 N–H and O–H groups in total. The number of anilines is 1. The van der Waals surface area contributed by atoms with Crippen LogP contribution >= 0.6 is 11.8 Å². The van der Waals surface area contributed by atoms with Gasteiger partial charge in [0, 0.05) is 31.6 Å². The number of hydrogen-bond donors (Lipinski definition) is 0. The topological polar surface area (TPSA) is 76.8 Å². The van der Waals surface area contributed by atoms with Crippen molar-refractivity contribution in [3.8, 4) is 5.69 Å². The van der Waals surface area contributed by atoms with E-state index in [0.717, 1.165) is 29.7 Å². The van der Waals surface area contributed by atoms with E-state index in [1.54, 1.807) is 43.3 Å². The van der Waals surface area contributed by atoms with Gasteiger partial charge in [-0.05, 0) is 25.1 Å². The van der Waals surface area contributed by atoms with Crippen LogP contribution in [0.2, 0.25) is 0 Å². The molecular weight excluding hydrogens is 405 g/mol. The fraction of sp³-hybridized carbons (Fsp3) is 0.278. The Morgan fingerprint density at radius 1 is 1.28 bits per heavy atom. The van der Waals surface area contributed by atoms with Gasteiger partial charge in [-0.2, -0.15) is 18.3 Å². The zero-order valence-electron chi connectivity index (χ0n) is 15.6. The molecule has 3 aromatic heterocycles. The Balaban J connectivity index is 1.61. The molecule has 0 fully saturated rings. The summed E-state index contributed by atoms with van der Waals surface area (Å²) in [4.78, 5) is 25.3. The van der Waals surface area contributed by atoms with Crippen molar-refractivity contribution in [3.63, 3.8) is 0 Å². The number of carbonyl (C=O) groups is 1. The van der Waals surface area contributed by atoms with Gasteiger partial charge in [-0.1, -0.05) is 11.8 Å².